The minimum Gasteiger partial charge on any atom is -0.464 e. The summed E-state index contributed by atoms with van der Waals surface area (Å²) in [6.07, 6.45) is 6.86. The summed E-state index contributed by atoms with van der Waals surface area (Å²) < 4.78 is 11.2. The van der Waals surface area contributed by atoms with E-state index in [-0.39, 0.29) is 24.3 Å². The molecule has 2 amide bonds. The Hall–Kier alpha value is -2.64. The highest BCUT2D eigenvalue weighted by Crippen LogP contribution is 2.39. The van der Waals surface area contributed by atoms with Crippen LogP contribution in [-0.4, -0.2) is 31.1 Å². The van der Waals surface area contributed by atoms with Gasteiger partial charge in [0, 0.05) is 29.0 Å². The second-order valence-corrected chi connectivity index (χ2v) is 9.50. The highest BCUT2D eigenvalue weighted by molar-refractivity contribution is 7.17. The lowest BCUT2D eigenvalue weighted by atomic mass is 10.1. The largest absolute Gasteiger partial charge is 0.464 e. The van der Waals surface area contributed by atoms with E-state index in [2.05, 4.69) is 10.6 Å². The van der Waals surface area contributed by atoms with Gasteiger partial charge in [0.1, 0.15) is 10.6 Å². The van der Waals surface area contributed by atoms with Crippen LogP contribution in [0.3, 0.4) is 0 Å². The van der Waals surface area contributed by atoms with Crippen molar-refractivity contribution in [2.45, 2.75) is 51.6 Å². The molecule has 2 aromatic heterocycles. The van der Waals surface area contributed by atoms with Gasteiger partial charge in [0.15, 0.2) is 0 Å². The van der Waals surface area contributed by atoms with Gasteiger partial charge in [-0.05, 0) is 56.2 Å². The first-order valence-electron chi connectivity index (χ1n) is 10.9. The number of benzene rings is 1. The molecule has 3 heterocycles. The normalized spacial score (nSPS) is 17.8. The van der Waals surface area contributed by atoms with Crippen molar-refractivity contribution >= 4 is 39.1 Å². The smallest absolute Gasteiger partial charge is 0.254 e. The van der Waals surface area contributed by atoms with Crippen LogP contribution in [0.2, 0.25) is 0 Å². The van der Waals surface area contributed by atoms with Crippen molar-refractivity contribution in [3.8, 4) is 0 Å². The van der Waals surface area contributed by atoms with E-state index in [1.165, 1.54) is 16.2 Å². The molecule has 1 aromatic carbocycles. The molecular weight excluding hydrogens is 412 g/mol. The first kappa shape index (κ1) is 20.3. The van der Waals surface area contributed by atoms with Crippen molar-refractivity contribution in [2.24, 2.45) is 0 Å². The summed E-state index contributed by atoms with van der Waals surface area (Å²) >= 11 is 1.53. The van der Waals surface area contributed by atoms with Crippen molar-refractivity contribution in [3.05, 3.63) is 51.6 Å². The number of nitrogens with one attached hydrogen (secondary N) is 2. The summed E-state index contributed by atoms with van der Waals surface area (Å²) in [5.74, 6) is -0.259. The summed E-state index contributed by atoms with van der Waals surface area (Å²) in [5, 5.41) is 7.63. The molecule has 3 aromatic rings. The number of thiophene rings is 1. The molecule has 1 saturated heterocycles. The monoisotopic (exact) mass is 438 g/mol. The molecule has 2 aliphatic rings. The Labute approximate surface area is 185 Å². The number of carbonyl (C=O) groups is 2. The third kappa shape index (κ3) is 4.12. The molecule has 2 N–H and O–H groups in total. The van der Waals surface area contributed by atoms with Crippen LogP contribution in [0.15, 0.2) is 28.9 Å². The van der Waals surface area contributed by atoms with E-state index in [9.17, 15) is 9.59 Å². The van der Waals surface area contributed by atoms with Gasteiger partial charge >= 0.3 is 0 Å². The standard InChI is InChI=1S/C24H26N2O4S/c1-14-7-8-17-15(13-30-19(17)10-14)11-21(27)26-24-22(18-5-2-6-20(18)31-24)23(28)25-12-16-4-3-9-29-16/h7-8,10,13,16H,2-6,9,11-12H2,1H3,(H,25,28)(H,26,27)/t16-/m0/s1. The molecule has 31 heavy (non-hydrogen) atoms. The van der Waals surface area contributed by atoms with Crippen molar-refractivity contribution in [3.63, 3.8) is 0 Å². The maximum Gasteiger partial charge on any atom is 0.254 e. The molecule has 0 radical (unpaired) electrons. The molecule has 5 rings (SSSR count). The van der Waals surface area contributed by atoms with E-state index in [1.54, 1.807) is 6.26 Å². The fraction of sp³-hybridized carbons (Fsp3) is 0.417. The molecule has 6 nitrogen and oxygen atoms in total. The Balaban J connectivity index is 1.32. The highest BCUT2D eigenvalue weighted by atomic mass is 32.1. The predicted molar refractivity (Wildman–Crippen MR) is 121 cm³/mol. The van der Waals surface area contributed by atoms with Gasteiger partial charge in [0.05, 0.1) is 24.4 Å². The molecule has 0 unspecified atom stereocenters. The first-order chi connectivity index (χ1) is 15.1. The van der Waals surface area contributed by atoms with Crippen LogP contribution >= 0.6 is 11.3 Å². The van der Waals surface area contributed by atoms with Crippen LogP contribution in [0.1, 0.15) is 51.2 Å². The Bertz CT molecular complexity index is 1140. The number of anilines is 1. The van der Waals surface area contributed by atoms with E-state index < -0.39 is 0 Å². The first-order valence-corrected chi connectivity index (χ1v) is 11.7. The third-order valence-electron chi connectivity index (χ3n) is 6.08. The lowest BCUT2D eigenvalue weighted by Gasteiger charge is -2.12. The number of fused-ring (bicyclic) bond motifs is 2. The van der Waals surface area contributed by atoms with E-state index in [4.69, 9.17) is 9.15 Å². The number of furan rings is 1. The van der Waals surface area contributed by atoms with Crippen LogP contribution in [0.5, 0.6) is 0 Å². The average molecular weight is 439 g/mol. The molecule has 1 aliphatic carbocycles. The molecule has 1 atom stereocenters. The lowest BCUT2D eigenvalue weighted by molar-refractivity contribution is -0.115. The summed E-state index contributed by atoms with van der Waals surface area (Å²) in [6.45, 7) is 3.28. The quantitative estimate of drug-likeness (QED) is 0.598. The maximum atomic E-state index is 13.0. The molecule has 1 aliphatic heterocycles. The van der Waals surface area contributed by atoms with Crippen molar-refractivity contribution < 1.29 is 18.7 Å². The topological polar surface area (TPSA) is 80.6 Å². The predicted octanol–water partition coefficient (Wildman–Crippen LogP) is 4.38. The summed E-state index contributed by atoms with van der Waals surface area (Å²) in [6, 6.07) is 5.97. The minimum absolute atomic E-state index is 0.0895. The van der Waals surface area contributed by atoms with Gasteiger partial charge in [-0.3, -0.25) is 9.59 Å². The molecular formula is C24H26N2O4S. The van der Waals surface area contributed by atoms with Crippen molar-refractivity contribution in [1.29, 1.82) is 0 Å². The Morgan fingerprint density at radius 1 is 1.23 bits per heavy atom. The fourth-order valence-electron chi connectivity index (χ4n) is 4.50. The van der Waals surface area contributed by atoms with Crippen molar-refractivity contribution in [1.82, 2.24) is 5.32 Å². The van der Waals surface area contributed by atoms with Gasteiger partial charge in [-0.25, -0.2) is 0 Å². The molecule has 1 fully saturated rings. The van der Waals surface area contributed by atoms with Gasteiger partial charge < -0.3 is 19.8 Å². The highest BCUT2D eigenvalue weighted by Gasteiger charge is 2.28. The van der Waals surface area contributed by atoms with E-state index in [0.29, 0.717) is 17.1 Å². The summed E-state index contributed by atoms with van der Waals surface area (Å²) in [4.78, 5) is 27.1. The number of amides is 2. The molecule has 0 bridgehead atoms. The number of carbonyl (C=O) groups excluding carboxylic acids is 2. The van der Waals surface area contributed by atoms with Gasteiger partial charge in [0.2, 0.25) is 5.91 Å². The number of aryl methyl sites for hydroxylation is 2. The molecule has 0 spiro atoms. The van der Waals surface area contributed by atoms with Crippen LogP contribution < -0.4 is 10.6 Å². The summed E-state index contributed by atoms with van der Waals surface area (Å²) in [7, 11) is 0. The number of rotatable bonds is 6. The third-order valence-corrected chi connectivity index (χ3v) is 7.29. The molecule has 162 valence electrons. The SMILES string of the molecule is Cc1ccc2c(CC(=O)Nc3sc4c(c3C(=O)NC[C@@H]3CCCO3)CCC4)coc2c1. The zero-order valence-electron chi connectivity index (χ0n) is 17.6. The number of hydrogen-bond acceptors (Lipinski definition) is 5. The van der Waals surface area contributed by atoms with Crippen LogP contribution in [0.4, 0.5) is 5.00 Å². The molecule has 0 saturated carbocycles. The van der Waals surface area contributed by atoms with Crippen LogP contribution in [-0.2, 0) is 28.8 Å². The van der Waals surface area contributed by atoms with Gasteiger partial charge in [-0.2, -0.15) is 0 Å². The lowest BCUT2D eigenvalue weighted by Crippen LogP contribution is -2.32. The molecule has 7 heteroatoms. The summed E-state index contributed by atoms with van der Waals surface area (Å²) in [5.41, 5.74) is 4.48. The van der Waals surface area contributed by atoms with Gasteiger partial charge in [-0.15, -0.1) is 11.3 Å². The van der Waals surface area contributed by atoms with Gasteiger partial charge in [0.25, 0.3) is 5.91 Å². The second-order valence-electron chi connectivity index (χ2n) is 8.39. The van der Waals surface area contributed by atoms with E-state index in [1.807, 2.05) is 25.1 Å². The van der Waals surface area contributed by atoms with E-state index in [0.717, 1.165) is 66.4 Å². The number of hydrogen-bond donors (Lipinski definition) is 2. The Morgan fingerprint density at radius 3 is 2.97 bits per heavy atom. The Kier molecular flexibility index (Phi) is 5.54. The number of ether oxygens (including phenoxy) is 1. The van der Waals surface area contributed by atoms with Crippen molar-refractivity contribution in [2.75, 3.05) is 18.5 Å². The zero-order valence-corrected chi connectivity index (χ0v) is 18.4. The maximum absolute atomic E-state index is 13.0. The second kappa shape index (κ2) is 8.48. The Morgan fingerprint density at radius 2 is 2.13 bits per heavy atom. The zero-order chi connectivity index (χ0) is 21.4. The minimum atomic E-state index is -0.142. The van der Waals surface area contributed by atoms with Gasteiger partial charge in [-0.1, -0.05) is 12.1 Å². The fourth-order valence-corrected chi connectivity index (χ4v) is 5.81. The van der Waals surface area contributed by atoms with Crippen LogP contribution in [0.25, 0.3) is 11.0 Å². The van der Waals surface area contributed by atoms with E-state index >= 15 is 0 Å². The average Bonchev–Trinajstić information content (AvgIpc) is 3.51. The van der Waals surface area contributed by atoms with Crippen LogP contribution in [0, 0.1) is 6.92 Å².